The summed E-state index contributed by atoms with van der Waals surface area (Å²) >= 11 is 0. The van der Waals surface area contributed by atoms with Gasteiger partial charge in [-0.15, -0.1) is 0 Å². The second kappa shape index (κ2) is 5.27. The van der Waals surface area contributed by atoms with Gasteiger partial charge in [-0.05, 0) is 12.8 Å². The number of hydrogen-bond acceptors (Lipinski definition) is 2. The Hall–Kier alpha value is -1.08. The number of hydrogen-bond donors (Lipinski definition) is 1. The van der Waals surface area contributed by atoms with Crippen molar-refractivity contribution < 1.29 is 21.6 Å². The Morgan fingerprint density at radius 3 is 2.28 bits per heavy atom. The van der Waals surface area contributed by atoms with Crippen LogP contribution in [0, 0.1) is 30.3 Å². The van der Waals surface area contributed by atoms with Gasteiger partial charge in [0.1, 0.15) is 11.6 Å². The lowest BCUT2D eigenvalue weighted by molar-refractivity contribution is 0.483. The highest BCUT2D eigenvalue weighted by atomic mass is 32.2. The normalized spacial score (nSPS) is 12.2. The number of halogens is 3. The first-order valence-electron chi connectivity index (χ1n) is 5.30. The van der Waals surface area contributed by atoms with E-state index in [1.807, 2.05) is 0 Å². The second-order valence-corrected chi connectivity index (χ2v) is 6.06. The minimum atomic E-state index is -4.32. The van der Waals surface area contributed by atoms with E-state index in [-0.39, 0.29) is 12.5 Å². The maximum absolute atomic E-state index is 13.6. The summed E-state index contributed by atoms with van der Waals surface area (Å²) in [6, 6.07) is 0.363. The molecule has 0 radical (unpaired) electrons. The quantitative estimate of drug-likeness (QED) is 0.920. The summed E-state index contributed by atoms with van der Waals surface area (Å²) < 4.78 is 65.6. The summed E-state index contributed by atoms with van der Waals surface area (Å²) in [6.45, 7) is 4.57. The maximum Gasteiger partial charge on any atom is 0.246 e. The van der Waals surface area contributed by atoms with Crippen LogP contribution >= 0.6 is 0 Å². The molecule has 3 nitrogen and oxygen atoms in total. The monoisotopic (exact) mass is 281 g/mol. The van der Waals surface area contributed by atoms with Crippen LogP contribution in [0.1, 0.15) is 19.4 Å². The topological polar surface area (TPSA) is 46.2 Å². The van der Waals surface area contributed by atoms with Gasteiger partial charge in [-0.2, -0.15) is 0 Å². The number of sulfonamides is 1. The minimum Gasteiger partial charge on any atom is -0.211 e. The Labute approximate surface area is 104 Å². The fraction of sp³-hybridized carbons (Fsp3) is 0.455. The molecule has 1 aromatic rings. The van der Waals surface area contributed by atoms with Gasteiger partial charge in [0.2, 0.25) is 10.0 Å². The molecular formula is C11H14F3NO2S. The van der Waals surface area contributed by atoms with E-state index in [9.17, 15) is 21.6 Å². The Balaban J connectivity index is 3.29. The van der Waals surface area contributed by atoms with E-state index in [0.29, 0.717) is 6.07 Å². The van der Waals surface area contributed by atoms with Crippen LogP contribution in [0.15, 0.2) is 11.0 Å². The highest BCUT2D eigenvalue weighted by Gasteiger charge is 2.27. The fourth-order valence-electron chi connectivity index (χ4n) is 1.26. The molecule has 1 aromatic carbocycles. The van der Waals surface area contributed by atoms with Gasteiger partial charge in [-0.25, -0.2) is 26.3 Å². The number of nitrogens with one attached hydrogen (secondary N) is 1. The van der Waals surface area contributed by atoms with Gasteiger partial charge in [0.05, 0.1) is 0 Å². The maximum atomic E-state index is 13.6. The predicted molar refractivity (Wildman–Crippen MR) is 61.1 cm³/mol. The molecule has 102 valence electrons. The number of benzene rings is 1. The highest BCUT2D eigenvalue weighted by molar-refractivity contribution is 7.89. The Bertz CT molecular complexity index is 556. The molecule has 0 aliphatic rings. The Morgan fingerprint density at radius 2 is 1.78 bits per heavy atom. The summed E-state index contributed by atoms with van der Waals surface area (Å²) in [6.07, 6.45) is 0. The van der Waals surface area contributed by atoms with Gasteiger partial charge in [-0.3, -0.25) is 0 Å². The molecule has 0 saturated heterocycles. The van der Waals surface area contributed by atoms with E-state index < -0.39 is 37.9 Å². The van der Waals surface area contributed by atoms with Crippen LogP contribution in [0.3, 0.4) is 0 Å². The van der Waals surface area contributed by atoms with Gasteiger partial charge in [0.25, 0.3) is 0 Å². The zero-order valence-corrected chi connectivity index (χ0v) is 11.0. The molecule has 0 aromatic heterocycles. The third-order valence-corrected chi connectivity index (χ3v) is 3.77. The molecule has 0 unspecified atom stereocenters. The first kappa shape index (κ1) is 15.0. The van der Waals surface area contributed by atoms with E-state index in [4.69, 9.17) is 0 Å². The molecule has 0 fully saturated rings. The van der Waals surface area contributed by atoms with Crippen molar-refractivity contribution in [3.8, 4) is 0 Å². The second-order valence-electron chi connectivity index (χ2n) is 4.35. The molecule has 1 N–H and O–H groups in total. The van der Waals surface area contributed by atoms with Crippen molar-refractivity contribution in [2.24, 2.45) is 5.92 Å². The van der Waals surface area contributed by atoms with Crippen molar-refractivity contribution in [2.45, 2.75) is 25.7 Å². The van der Waals surface area contributed by atoms with Gasteiger partial charge >= 0.3 is 0 Å². The average Bonchev–Trinajstić information content (AvgIpc) is 2.23. The molecular weight excluding hydrogens is 267 g/mol. The van der Waals surface area contributed by atoms with E-state index in [1.165, 1.54) is 0 Å². The summed E-state index contributed by atoms with van der Waals surface area (Å²) in [5.41, 5.74) is -0.527. The number of rotatable bonds is 4. The lowest BCUT2D eigenvalue weighted by Gasteiger charge is -2.11. The van der Waals surface area contributed by atoms with Gasteiger partial charge in [0.15, 0.2) is 10.7 Å². The van der Waals surface area contributed by atoms with Crippen LogP contribution in [-0.2, 0) is 10.0 Å². The lowest BCUT2D eigenvalue weighted by atomic mass is 10.2. The molecule has 0 bridgehead atoms. The van der Waals surface area contributed by atoms with Crippen molar-refractivity contribution >= 4 is 10.0 Å². The molecule has 0 aliphatic heterocycles. The molecule has 7 heteroatoms. The third kappa shape index (κ3) is 3.02. The largest absolute Gasteiger partial charge is 0.246 e. The molecule has 0 amide bonds. The standard InChI is InChI=1S/C11H14F3NO2S/c1-6(2)5-15-18(16,17)11-9(13)4-8(12)7(3)10(11)14/h4,6,15H,5H2,1-3H3. The first-order chi connectivity index (χ1) is 8.16. The highest BCUT2D eigenvalue weighted by Crippen LogP contribution is 2.23. The summed E-state index contributed by atoms with van der Waals surface area (Å²) in [5, 5.41) is 0. The SMILES string of the molecule is Cc1c(F)cc(F)c(S(=O)(=O)NCC(C)C)c1F. The van der Waals surface area contributed by atoms with Crippen molar-refractivity contribution in [1.82, 2.24) is 4.72 Å². The van der Waals surface area contributed by atoms with Crippen molar-refractivity contribution in [2.75, 3.05) is 6.54 Å². The zero-order chi connectivity index (χ0) is 14.1. The molecule has 0 aliphatic carbocycles. The summed E-state index contributed by atoms with van der Waals surface area (Å²) in [5.74, 6) is -3.98. The summed E-state index contributed by atoms with van der Waals surface area (Å²) in [7, 11) is -4.32. The molecule has 0 heterocycles. The predicted octanol–water partition coefficient (Wildman–Crippen LogP) is 2.35. The van der Waals surface area contributed by atoms with Crippen LogP contribution in [0.2, 0.25) is 0 Å². The van der Waals surface area contributed by atoms with Gasteiger partial charge in [-0.1, -0.05) is 13.8 Å². The molecule has 0 atom stereocenters. The lowest BCUT2D eigenvalue weighted by Crippen LogP contribution is -2.29. The van der Waals surface area contributed by atoms with Gasteiger partial charge in [0, 0.05) is 18.2 Å². The van der Waals surface area contributed by atoms with Crippen LogP contribution < -0.4 is 4.72 Å². The van der Waals surface area contributed by atoms with Crippen molar-refractivity contribution in [1.29, 1.82) is 0 Å². The van der Waals surface area contributed by atoms with Crippen molar-refractivity contribution in [3.63, 3.8) is 0 Å². The molecule has 0 saturated carbocycles. The fourth-order valence-corrected chi connectivity index (χ4v) is 2.66. The van der Waals surface area contributed by atoms with E-state index in [2.05, 4.69) is 4.72 Å². The Kier molecular flexibility index (Phi) is 4.39. The van der Waals surface area contributed by atoms with E-state index in [0.717, 1.165) is 6.92 Å². The van der Waals surface area contributed by atoms with Gasteiger partial charge < -0.3 is 0 Å². The van der Waals surface area contributed by atoms with E-state index >= 15 is 0 Å². The van der Waals surface area contributed by atoms with Crippen LogP contribution in [0.5, 0.6) is 0 Å². The van der Waals surface area contributed by atoms with Crippen LogP contribution in [0.25, 0.3) is 0 Å². The third-order valence-electron chi connectivity index (χ3n) is 2.31. The Morgan fingerprint density at radius 1 is 1.22 bits per heavy atom. The summed E-state index contributed by atoms with van der Waals surface area (Å²) in [4.78, 5) is -1.14. The van der Waals surface area contributed by atoms with Crippen LogP contribution in [-0.4, -0.2) is 15.0 Å². The van der Waals surface area contributed by atoms with E-state index in [1.54, 1.807) is 13.8 Å². The molecule has 1 rings (SSSR count). The average molecular weight is 281 g/mol. The zero-order valence-electron chi connectivity index (χ0n) is 10.2. The smallest absolute Gasteiger partial charge is 0.211 e. The van der Waals surface area contributed by atoms with Crippen molar-refractivity contribution in [3.05, 3.63) is 29.1 Å². The minimum absolute atomic E-state index is 0.0209. The first-order valence-corrected chi connectivity index (χ1v) is 6.79. The van der Waals surface area contributed by atoms with Crippen LogP contribution in [0.4, 0.5) is 13.2 Å². The molecule has 0 spiro atoms. The molecule has 18 heavy (non-hydrogen) atoms.